The van der Waals surface area contributed by atoms with E-state index >= 15 is 0 Å². The summed E-state index contributed by atoms with van der Waals surface area (Å²) >= 11 is 0. The highest BCUT2D eigenvalue weighted by atomic mass is 127. The van der Waals surface area contributed by atoms with Crippen molar-refractivity contribution in [3.8, 4) is 0 Å². The number of rotatable bonds is 6. The maximum atomic E-state index is 13.9. The van der Waals surface area contributed by atoms with Crippen molar-refractivity contribution in [3.05, 3.63) is 35.1 Å². The van der Waals surface area contributed by atoms with Gasteiger partial charge in [0.05, 0.1) is 0 Å². The van der Waals surface area contributed by atoms with Gasteiger partial charge < -0.3 is 15.5 Å². The lowest BCUT2D eigenvalue weighted by atomic mass is 10.1. The number of benzene rings is 1. The number of likely N-dealkylation sites (tertiary alicyclic amines) is 1. The third-order valence-electron chi connectivity index (χ3n) is 4.97. The van der Waals surface area contributed by atoms with Gasteiger partial charge in [-0.05, 0) is 51.6 Å². The highest BCUT2D eigenvalue weighted by molar-refractivity contribution is 14.0. The normalized spacial score (nSPS) is 20.9. The highest BCUT2D eigenvalue weighted by Gasteiger charge is 2.31. The van der Waals surface area contributed by atoms with E-state index in [-0.39, 0.29) is 29.8 Å². The molecule has 1 heterocycles. The van der Waals surface area contributed by atoms with Crippen molar-refractivity contribution >= 4 is 29.9 Å². The maximum Gasteiger partial charge on any atom is 0.191 e. The molecule has 0 aromatic heterocycles. The van der Waals surface area contributed by atoms with Crippen LogP contribution in [-0.2, 0) is 13.1 Å². The van der Waals surface area contributed by atoms with Crippen LogP contribution in [0.4, 0.5) is 4.39 Å². The van der Waals surface area contributed by atoms with E-state index in [9.17, 15) is 4.39 Å². The summed E-state index contributed by atoms with van der Waals surface area (Å²) < 4.78 is 13.9. The van der Waals surface area contributed by atoms with Crippen LogP contribution in [0.25, 0.3) is 0 Å². The molecule has 2 N–H and O–H groups in total. The van der Waals surface area contributed by atoms with Gasteiger partial charge in [-0.2, -0.15) is 0 Å². The second-order valence-electron chi connectivity index (χ2n) is 7.87. The minimum absolute atomic E-state index is 0. The molecule has 0 amide bonds. The topological polar surface area (TPSA) is 42.9 Å². The number of hydrogen-bond donors (Lipinski definition) is 2. The van der Waals surface area contributed by atoms with Crippen molar-refractivity contribution in [1.82, 2.24) is 20.4 Å². The molecular formula is C20H35FIN5. The summed E-state index contributed by atoms with van der Waals surface area (Å²) in [6.45, 7) is 10.1. The summed E-state index contributed by atoms with van der Waals surface area (Å²) in [6.07, 6.45) is 0. The Balaban J connectivity index is 0.00000364. The van der Waals surface area contributed by atoms with Crippen LogP contribution in [0.3, 0.4) is 0 Å². The molecule has 2 unspecified atom stereocenters. The van der Waals surface area contributed by atoms with Crippen LogP contribution in [0.15, 0.2) is 23.2 Å². The fourth-order valence-corrected chi connectivity index (χ4v) is 3.37. The van der Waals surface area contributed by atoms with Crippen LogP contribution in [0.1, 0.15) is 31.9 Å². The number of nitrogens with zero attached hydrogens (tertiary/aromatic N) is 3. The molecular weight excluding hydrogens is 456 g/mol. The SMILES string of the molecule is CN=C(NCc1ccc(F)c(CN(C)C)c1)NC1CN(C(C)C)CC1C.I. The van der Waals surface area contributed by atoms with Crippen LogP contribution in [0.2, 0.25) is 0 Å². The predicted octanol–water partition coefficient (Wildman–Crippen LogP) is 2.90. The number of guanidine groups is 1. The van der Waals surface area contributed by atoms with Gasteiger partial charge in [-0.3, -0.25) is 9.89 Å². The molecule has 0 spiro atoms. The summed E-state index contributed by atoms with van der Waals surface area (Å²) in [5.41, 5.74) is 1.77. The molecule has 2 atom stereocenters. The van der Waals surface area contributed by atoms with Crippen LogP contribution < -0.4 is 10.6 Å². The van der Waals surface area contributed by atoms with E-state index in [0.717, 1.165) is 24.6 Å². The van der Waals surface area contributed by atoms with Crippen molar-refractivity contribution in [1.29, 1.82) is 0 Å². The second-order valence-corrected chi connectivity index (χ2v) is 7.87. The minimum atomic E-state index is -0.154. The molecule has 1 aromatic carbocycles. The molecule has 27 heavy (non-hydrogen) atoms. The van der Waals surface area contributed by atoms with Crippen molar-refractivity contribution < 1.29 is 4.39 Å². The molecule has 1 fully saturated rings. The summed E-state index contributed by atoms with van der Waals surface area (Å²) in [4.78, 5) is 8.81. The summed E-state index contributed by atoms with van der Waals surface area (Å²) in [5, 5.41) is 6.91. The first-order chi connectivity index (χ1) is 12.3. The fraction of sp³-hybridized carbons (Fsp3) is 0.650. The van der Waals surface area contributed by atoms with Crippen molar-refractivity contribution in [3.63, 3.8) is 0 Å². The van der Waals surface area contributed by atoms with E-state index < -0.39 is 0 Å². The first kappa shape index (κ1) is 24.1. The number of halogens is 2. The van der Waals surface area contributed by atoms with Crippen molar-refractivity contribution in [2.24, 2.45) is 10.9 Å². The molecule has 0 aliphatic carbocycles. The third-order valence-corrected chi connectivity index (χ3v) is 4.97. The fourth-order valence-electron chi connectivity index (χ4n) is 3.37. The lowest BCUT2D eigenvalue weighted by molar-refractivity contribution is 0.265. The maximum absolute atomic E-state index is 13.9. The Labute approximate surface area is 180 Å². The van der Waals surface area contributed by atoms with Crippen LogP contribution >= 0.6 is 24.0 Å². The van der Waals surface area contributed by atoms with E-state index in [4.69, 9.17) is 0 Å². The smallest absolute Gasteiger partial charge is 0.191 e. The molecule has 0 bridgehead atoms. The summed E-state index contributed by atoms with van der Waals surface area (Å²) in [6, 6.07) is 6.25. The Morgan fingerprint density at radius 1 is 1.33 bits per heavy atom. The Morgan fingerprint density at radius 3 is 2.59 bits per heavy atom. The first-order valence-electron chi connectivity index (χ1n) is 9.43. The van der Waals surface area contributed by atoms with Crippen molar-refractivity contribution in [2.75, 3.05) is 34.2 Å². The molecule has 7 heteroatoms. The van der Waals surface area contributed by atoms with Gasteiger partial charge in [-0.25, -0.2) is 4.39 Å². The van der Waals surface area contributed by atoms with Crippen LogP contribution in [0.5, 0.6) is 0 Å². The number of aliphatic imine (C=N–C) groups is 1. The molecule has 1 aliphatic heterocycles. The molecule has 1 aromatic rings. The molecule has 0 saturated carbocycles. The first-order valence-corrected chi connectivity index (χ1v) is 9.43. The van der Waals surface area contributed by atoms with E-state index in [1.54, 1.807) is 13.1 Å². The highest BCUT2D eigenvalue weighted by Crippen LogP contribution is 2.18. The standard InChI is InChI=1S/C20H34FN5.HI/c1-14(2)26-11-15(3)19(13-26)24-20(22-4)23-10-16-7-8-18(21)17(9-16)12-25(5)6;/h7-9,14-15,19H,10-13H2,1-6H3,(H2,22,23,24);1H. The summed E-state index contributed by atoms with van der Waals surface area (Å²) in [5.74, 6) is 1.22. The molecule has 154 valence electrons. The Kier molecular flexibility index (Phi) is 9.97. The van der Waals surface area contributed by atoms with E-state index in [1.165, 1.54) is 0 Å². The van der Waals surface area contributed by atoms with Crippen molar-refractivity contribution in [2.45, 2.75) is 45.9 Å². The van der Waals surface area contributed by atoms with Gasteiger partial charge in [0.25, 0.3) is 0 Å². The Hall–Kier alpha value is -0.930. The number of nitrogens with one attached hydrogen (secondary N) is 2. The monoisotopic (exact) mass is 491 g/mol. The molecule has 0 radical (unpaired) electrons. The van der Waals surface area contributed by atoms with Gasteiger partial charge in [0.1, 0.15) is 5.82 Å². The summed E-state index contributed by atoms with van der Waals surface area (Å²) in [7, 11) is 5.68. The molecule has 1 saturated heterocycles. The quantitative estimate of drug-likeness (QED) is 0.365. The van der Waals surface area contributed by atoms with Gasteiger partial charge in [-0.1, -0.05) is 13.0 Å². The zero-order chi connectivity index (χ0) is 19.3. The van der Waals surface area contributed by atoms with E-state index in [0.29, 0.717) is 36.7 Å². The predicted molar refractivity (Wildman–Crippen MR) is 122 cm³/mol. The molecule has 2 rings (SSSR count). The van der Waals surface area contributed by atoms with Crippen LogP contribution in [0, 0.1) is 11.7 Å². The second kappa shape index (κ2) is 11.2. The zero-order valence-corrected chi connectivity index (χ0v) is 19.8. The molecule has 1 aliphatic rings. The minimum Gasteiger partial charge on any atom is -0.352 e. The average molecular weight is 491 g/mol. The van der Waals surface area contributed by atoms with Gasteiger partial charge in [-0.15, -0.1) is 24.0 Å². The zero-order valence-electron chi connectivity index (χ0n) is 17.4. The largest absolute Gasteiger partial charge is 0.352 e. The third kappa shape index (κ3) is 7.19. The van der Waals surface area contributed by atoms with Gasteiger partial charge in [0, 0.05) is 50.9 Å². The lowest BCUT2D eigenvalue weighted by Gasteiger charge is -2.22. The lowest BCUT2D eigenvalue weighted by Crippen LogP contribution is -2.46. The van der Waals surface area contributed by atoms with Gasteiger partial charge in [0.2, 0.25) is 0 Å². The van der Waals surface area contributed by atoms with Gasteiger partial charge in [0.15, 0.2) is 5.96 Å². The Bertz CT molecular complexity index is 620. The van der Waals surface area contributed by atoms with E-state index in [1.807, 2.05) is 31.1 Å². The van der Waals surface area contributed by atoms with Gasteiger partial charge >= 0.3 is 0 Å². The average Bonchev–Trinajstić information content (AvgIpc) is 2.94. The Morgan fingerprint density at radius 2 is 2.04 bits per heavy atom. The number of hydrogen-bond acceptors (Lipinski definition) is 3. The van der Waals surface area contributed by atoms with E-state index in [2.05, 4.69) is 41.3 Å². The van der Waals surface area contributed by atoms with Crippen LogP contribution in [-0.4, -0.2) is 62.1 Å². The molecule has 5 nitrogen and oxygen atoms in total.